The van der Waals surface area contributed by atoms with E-state index in [2.05, 4.69) is 13.8 Å². The van der Waals surface area contributed by atoms with Crippen LogP contribution in [0.25, 0.3) is 0 Å². The molecule has 2 atom stereocenters. The lowest BCUT2D eigenvalue weighted by Gasteiger charge is -2.28. The third-order valence-corrected chi connectivity index (χ3v) is 5.69. The van der Waals surface area contributed by atoms with Crippen molar-refractivity contribution in [1.29, 1.82) is 0 Å². The quantitative estimate of drug-likeness (QED) is 0.438. The molecule has 1 aromatic rings. The number of carbonyl (C=O) groups excluding carboxylic acids is 2. The highest BCUT2D eigenvalue weighted by atomic mass is 16.4. The lowest BCUT2D eigenvalue weighted by atomic mass is 9.79. The Balaban J connectivity index is 3.27. The van der Waals surface area contributed by atoms with Crippen molar-refractivity contribution in [2.75, 3.05) is 0 Å². The fourth-order valence-corrected chi connectivity index (χ4v) is 4.10. The number of carbonyl (C=O) groups is 2. The van der Waals surface area contributed by atoms with E-state index in [0.29, 0.717) is 11.1 Å². The second-order valence-electron chi connectivity index (χ2n) is 8.06. The van der Waals surface area contributed by atoms with Crippen LogP contribution in [0.4, 0.5) is 0 Å². The second-order valence-corrected chi connectivity index (χ2v) is 8.06. The fourth-order valence-electron chi connectivity index (χ4n) is 4.10. The molecule has 0 amide bonds. The van der Waals surface area contributed by atoms with Crippen molar-refractivity contribution in [3.05, 3.63) is 34.4 Å². The Hall–Kier alpha value is -1.84. The molecule has 0 radical (unpaired) electrons. The van der Waals surface area contributed by atoms with Gasteiger partial charge >= 0.3 is 0 Å². The second kappa shape index (κ2) is 12.6. The minimum atomic E-state index is -1.24. The Morgan fingerprint density at radius 3 is 1.36 bits per heavy atom. The van der Waals surface area contributed by atoms with Gasteiger partial charge in [0.05, 0.1) is 11.9 Å². The highest BCUT2D eigenvalue weighted by Gasteiger charge is 2.23. The maximum Gasteiger partial charge on any atom is 0.0718 e. The number of aromatic carboxylic acids is 2. The molecule has 0 aliphatic rings. The summed E-state index contributed by atoms with van der Waals surface area (Å²) in [6.45, 7) is 8.30. The van der Waals surface area contributed by atoms with Crippen LogP contribution in [0, 0.1) is 0 Å². The first-order valence-corrected chi connectivity index (χ1v) is 10.9. The van der Waals surface area contributed by atoms with E-state index in [4.69, 9.17) is 0 Å². The van der Waals surface area contributed by atoms with Crippen molar-refractivity contribution < 1.29 is 19.8 Å². The average Bonchev–Trinajstić information content (AvgIpc) is 2.66. The zero-order valence-electron chi connectivity index (χ0n) is 18.0. The molecule has 0 aromatic heterocycles. The number of hydrogen-bond acceptors (Lipinski definition) is 4. The van der Waals surface area contributed by atoms with Crippen LogP contribution in [0.5, 0.6) is 0 Å². The van der Waals surface area contributed by atoms with Gasteiger partial charge in [-0.25, -0.2) is 0 Å². The van der Waals surface area contributed by atoms with Crippen LogP contribution in [-0.2, 0) is 0 Å². The first kappa shape index (κ1) is 24.2. The molecule has 1 aromatic carbocycles. The Bertz CT molecular complexity index is 581. The van der Waals surface area contributed by atoms with Gasteiger partial charge in [-0.2, -0.15) is 0 Å². The van der Waals surface area contributed by atoms with Crippen molar-refractivity contribution in [2.45, 2.75) is 104 Å². The minimum absolute atomic E-state index is 0.0304. The summed E-state index contributed by atoms with van der Waals surface area (Å²) in [5, 5.41) is 23.6. The van der Waals surface area contributed by atoms with Crippen molar-refractivity contribution in [3.63, 3.8) is 0 Å². The normalized spacial score (nSPS) is 13.3. The first-order chi connectivity index (χ1) is 13.3. The molecule has 0 aliphatic carbocycles. The van der Waals surface area contributed by atoms with Crippen molar-refractivity contribution in [1.82, 2.24) is 0 Å². The van der Waals surface area contributed by atoms with Crippen LogP contribution < -0.4 is 10.2 Å². The lowest BCUT2D eigenvalue weighted by molar-refractivity contribution is -0.256. The molecule has 0 fully saturated rings. The van der Waals surface area contributed by atoms with Gasteiger partial charge in [0.25, 0.3) is 0 Å². The van der Waals surface area contributed by atoms with Crippen molar-refractivity contribution in [3.8, 4) is 0 Å². The predicted octanol–water partition coefficient (Wildman–Crippen LogP) is 4.56. The average molecular weight is 389 g/mol. The molecular formula is C24H36O4-2. The Morgan fingerprint density at radius 2 is 1.07 bits per heavy atom. The summed E-state index contributed by atoms with van der Waals surface area (Å²) in [5.74, 6) is -2.53. The van der Waals surface area contributed by atoms with E-state index in [0.717, 1.165) is 64.2 Å². The van der Waals surface area contributed by atoms with Gasteiger partial charge in [0, 0.05) is 11.1 Å². The van der Waals surface area contributed by atoms with Crippen LogP contribution in [0.15, 0.2) is 12.1 Å². The topological polar surface area (TPSA) is 80.3 Å². The molecule has 158 valence electrons. The van der Waals surface area contributed by atoms with Gasteiger partial charge in [-0.15, -0.1) is 0 Å². The molecule has 0 bridgehead atoms. The van der Waals surface area contributed by atoms with E-state index in [9.17, 15) is 19.8 Å². The van der Waals surface area contributed by atoms with Gasteiger partial charge in [0.2, 0.25) is 0 Å². The highest BCUT2D eigenvalue weighted by molar-refractivity contribution is 5.94. The summed E-state index contributed by atoms with van der Waals surface area (Å²) in [6, 6.07) is 2.76. The molecule has 4 nitrogen and oxygen atoms in total. The molecule has 0 saturated carbocycles. The number of carboxylic acid groups (broad SMARTS) is 2. The number of hydrogen-bond donors (Lipinski definition) is 0. The van der Waals surface area contributed by atoms with Gasteiger partial charge in [-0.3, -0.25) is 0 Å². The van der Waals surface area contributed by atoms with Crippen molar-refractivity contribution >= 4 is 11.9 Å². The van der Waals surface area contributed by atoms with Crippen LogP contribution in [0.3, 0.4) is 0 Å². The standard InChI is InChI=1S/C24H38O4/c1-5-7-9-11-13-17(3)21-19(23(25)26)15-16-20(24(27)28)22(21)18(4)14-12-10-8-6-2/h15-18H,5-14H2,1-4H3,(H,25,26)(H,27,28)/p-2. The van der Waals surface area contributed by atoms with Crippen LogP contribution in [0.1, 0.15) is 136 Å². The number of benzene rings is 1. The van der Waals surface area contributed by atoms with Gasteiger partial charge < -0.3 is 19.8 Å². The summed E-state index contributed by atoms with van der Waals surface area (Å²) in [7, 11) is 0. The van der Waals surface area contributed by atoms with E-state index in [-0.39, 0.29) is 23.0 Å². The Kier molecular flexibility index (Phi) is 10.9. The summed E-state index contributed by atoms with van der Waals surface area (Å²) in [4.78, 5) is 23.6. The predicted molar refractivity (Wildman–Crippen MR) is 109 cm³/mol. The van der Waals surface area contributed by atoms with Gasteiger partial charge in [-0.05, 0) is 35.8 Å². The van der Waals surface area contributed by atoms with Gasteiger partial charge in [0.1, 0.15) is 0 Å². The molecule has 0 spiro atoms. The van der Waals surface area contributed by atoms with E-state index >= 15 is 0 Å². The SMILES string of the molecule is CCCCCCC(C)c1c(C(=O)[O-])ccc(C(=O)[O-])c1C(C)CCCCCC. The monoisotopic (exact) mass is 388 g/mol. The van der Waals surface area contributed by atoms with E-state index < -0.39 is 11.9 Å². The molecule has 4 heteroatoms. The Morgan fingerprint density at radius 1 is 0.714 bits per heavy atom. The van der Waals surface area contributed by atoms with Crippen LogP contribution in [0.2, 0.25) is 0 Å². The maximum atomic E-state index is 11.8. The zero-order valence-corrected chi connectivity index (χ0v) is 18.0. The third-order valence-electron chi connectivity index (χ3n) is 5.69. The maximum absolute atomic E-state index is 11.8. The number of rotatable bonds is 14. The van der Waals surface area contributed by atoms with Gasteiger partial charge in [-0.1, -0.05) is 91.2 Å². The molecular weight excluding hydrogens is 352 g/mol. The number of carboxylic acids is 2. The van der Waals surface area contributed by atoms with Gasteiger partial charge in [0.15, 0.2) is 0 Å². The number of unbranched alkanes of at least 4 members (excludes halogenated alkanes) is 6. The van der Waals surface area contributed by atoms with E-state index in [1.165, 1.54) is 12.1 Å². The summed E-state index contributed by atoms with van der Waals surface area (Å²) < 4.78 is 0. The molecule has 28 heavy (non-hydrogen) atoms. The van der Waals surface area contributed by atoms with Crippen LogP contribution in [-0.4, -0.2) is 11.9 Å². The third kappa shape index (κ3) is 6.96. The first-order valence-electron chi connectivity index (χ1n) is 10.9. The Labute approximate surface area is 170 Å². The molecule has 2 unspecified atom stereocenters. The molecule has 0 saturated heterocycles. The fraction of sp³-hybridized carbons (Fsp3) is 0.667. The molecule has 1 rings (SSSR count). The lowest BCUT2D eigenvalue weighted by Crippen LogP contribution is -2.29. The summed E-state index contributed by atoms with van der Waals surface area (Å²) >= 11 is 0. The van der Waals surface area contributed by atoms with Crippen LogP contribution >= 0.6 is 0 Å². The van der Waals surface area contributed by atoms with E-state index in [1.54, 1.807) is 0 Å². The molecule has 0 aliphatic heterocycles. The summed E-state index contributed by atoms with van der Waals surface area (Å²) in [5.41, 5.74) is 1.54. The zero-order chi connectivity index (χ0) is 21.1. The van der Waals surface area contributed by atoms with Crippen molar-refractivity contribution in [2.24, 2.45) is 0 Å². The summed E-state index contributed by atoms with van der Waals surface area (Å²) in [6.07, 6.45) is 10.5. The molecule has 0 heterocycles. The minimum Gasteiger partial charge on any atom is -0.545 e. The molecule has 0 N–H and O–H groups in total. The van der Waals surface area contributed by atoms with E-state index in [1.807, 2.05) is 13.8 Å². The largest absolute Gasteiger partial charge is 0.545 e. The smallest absolute Gasteiger partial charge is 0.0718 e. The highest BCUT2D eigenvalue weighted by Crippen LogP contribution is 2.37.